The van der Waals surface area contributed by atoms with E-state index in [-0.39, 0.29) is 12.1 Å². The Morgan fingerprint density at radius 3 is 2.50 bits per heavy atom. The molecule has 0 aliphatic heterocycles. The van der Waals surface area contributed by atoms with Gasteiger partial charge in [-0.15, -0.1) is 0 Å². The van der Waals surface area contributed by atoms with Gasteiger partial charge in [-0.2, -0.15) is 13.2 Å². The van der Waals surface area contributed by atoms with Gasteiger partial charge in [0, 0.05) is 15.5 Å². The molecule has 0 heterocycles. The number of carbonyl (C=O) groups excluding carboxylic acids is 1. The lowest BCUT2D eigenvalue weighted by molar-refractivity contribution is -0.140. The van der Waals surface area contributed by atoms with Crippen LogP contribution in [0.4, 0.5) is 13.2 Å². The second kappa shape index (κ2) is 7.45. The average Bonchev–Trinajstić information content (AvgIpc) is 2.35. The van der Waals surface area contributed by atoms with Gasteiger partial charge in [-0.25, -0.2) is 0 Å². The van der Waals surface area contributed by atoms with Crippen LogP contribution in [0.1, 0.15) is 30.1 Å². The minimum absolute atomic E-state index is 0.0911. The Balaban J connectivity index is 2.99. The normalized spacial score (nSPS) is 11.5. The molecule has 0 unspecified atom stereocenters. The SMILES string of the molecule is CCCCN(CC(F)(F)F)C(=O)c1cc(Br)ccc1Br. The van der Waals surface area contributed by atoms with Gasteiger partial charge in [0.15, 0.2) is 0 Å². The molecule has 1 aromatic rings. The fraction of sp³-hybridized carbons (Fsp3) is 0.462. The maximum atomic E-state index is 12.6. The molecule has 112 valence electrons. The zero-order valence-corrected chi connectivity index (χ0v) is 14.0. The number of benzene rings is 1. The van der Waals surface area contributed by atoms with Gasteiger partial charge in [0.2, 0.25) is 0 Å². The van der Waals surface area contributed by atoms with Crippen molar-refractivity contribution in [1.82, 2.24) is 4.90 Å². The lowest BCUT2D eigenvalue weighted by Gasteiger charge is -2.24. The Morgan fingerprint density at radius 2 is 1.95 bits per heavy atom. The third-order valence-electron chi connectivity index (χ3n) is 2.60. The maximum Gasteiger partial charge on any atom is 0.406 e. The summed E-state index contributed by atoms with van der Waals surface area (Å²) < 4.78 is 38.8. The number of carbonyl (C=O) groups is 1. The van der Waals surface area contributed by atoms with Crippen LogP contribution in [0.25, 0.3) is 0 Å². The summed E-state index contributed by atoms with van der Waals surface area (Å²) >= 11 is 6.41. The van der Waals surface area contributed by atoms with Crippen molar-refractivity contribution < 1.29 is 18.0 Å². The van der Waals surface area contributed by atoms with Gasteiger partial charge < -0.3 is 4.90 Å². The third-order valence-corrected chi connectivity index (χ3v) is 3.78. The summed E-state index contributed by atoms with van der Waals surface area (Å²) in [6, 6.07) is 4.85. The molecule has 0 saturated carbocycles. The van der Waals surface area contributed by atoms with Crippen LogP contribution in [-0.4, -0.2) is 30.1 Å². The quantitative estimate of drug-likeness (QED) is 0.660. The Kier molecular flexibility index (Phi) is 6.51. The van der Waals surface area contributed by atoms with E-state index in [1.165, 1.54) is 6.07 Å². The molecule has 0 spiro atoms. The van der Waals surface area contributed by atoms with E-state index in [2.05, 4.69) is 31.9 Å². The van der Waals surface area contributed by atoms with E-state index in [4.69, 9.17) is 0 Å². The van der Waals surface area contributed by atoms with Crippen LogP contribution in [-0.2, 0) is 0 Å². The number of rotatable bonds is 5. The first kappa shape index (κ1) is 17.5. The number of amides is 1. The summed E-state index contributed by atoms with van der Waals surface area (Å²) in [6.45, 7) is 0.726. The number of halogens is 5. The Bertz CT molecular complexity index is 477. The Morgan fingerprint density at radius 1 is 1.30 bits per heavy atom. The second-order valence-corrected chi connectivity index (χ2v) is 6.09. The fourth-order valence-corrected chi connectivity index (χ4v) is 2.43. The summed E-state index contributed by atoms with van der Waals surface area (Å²) in [4.78, 5) is 13.1. The van der Waals surface area contributed by atoms with Gasteiger partial charge >= 0.3 is 6.18 Å². The predicted molar refractivity (Wildman–Crippen MR) is 78.7 cm³/mol. The highest BCUT2D eigenvalue weighted by atomic mass is 79.9. The van der Waals surface area contributed by atoms with E-state index in [9.17, 15) is 18.0 Å². The molecule has 1 amide bonds. The van der Waals surface area contributed by atoms with Gasteiger partial charge in [0.05, 0.1) is 5.56 Å². The highest BCUT2D eigenvalue weighted by Gasteiger charge is 2.33. The zero-order valence-electron chi connectivity index (χ0n) is 10.8. The third kappa shape index (κ3) is 5.44. The van der Waals surface area contributed by atoms with Crippen molar-refractivity contribution in [3.8, 4) is 0 Å². The van der Waals surface area contributed by atoms with Gasteiger partial charge in [-0.3, -0.25) is 4.79 Å². The summed E-state index contributed by atoms with van der Waals surface area (Å²) in [5, 5.41) is 0. The molecule has 0 aliphatic carbocycles. The molecule has 7 heteroatoms. The number of hydrogen-bond donors (Lipinski definition) is 0. The predicted octanol–water partition coefficient (Wildman–Crippen LogP) is 5.02. The van der Waals surface area contributed by atoms with Crippen LogP contribution < -0.4 is 0 Å². The number of alkyl halides is 3. The topological polar surface area (TPSA) is 20.3 Å². The second-order valence-electron chi connectivity index (χ2n) is 4.32. The van der Waals surface area contributed by atoms with E-state index in [0.717, 1.165) is 11.3 Å². The van der Waals surface area contributed by atoms with Gasteiger partial charge in [-0.1, -0.05) is 29.3 Å². The lowest BCUT2D eigenvalue weighted by atomic mass is 10.2. The molecule has 2 nitrogen and oxygen atoms in total. The van der Waals surface area contributed by atoms with Crippen molar-refractivity contribution in [2.24, 2.45) is 0 Å². The van der Waals surface area contributed by atoms with Crippen LogP contribution in [0, 0.1) is 0 Å². The first-order valence-corrected chi connectivity index (χ1v) is 7.64. The minimum atomic E-state index is -4.40. The summed E-state index contributed by atoms with van der Waals surface area (Å²) in [5.41, 5.74) is 0.222. The van der Waals surface area contributed by atoms with Crippen molar-refractivity contribution in [2.45, 2.75) is 25.9 Å². The first-order chi connectivity index (χ1) is 9.24. The number of nitrogens with zero attached hydrogens (tertiary/aromatic N) is 1. The molecule has 0 bridgehead atoms. The van der Waals surface area contributed by atoms with Gasteiger partial charge in [0.1, 0.15) is 6.54 Å². The van der Waals surface area contributed by atoms with Crippen molar-refractivity contribution in [1.29, 1.82) is 0 Å². The fourth-order valence-electron chi connectivity index (χ4n) is 1.65. The van der Waals surface area contributed by atoms with Crippen LogP contribution >= 0.6 is 31.9 Å². The number of unbranched alkanes of at least 4 members (excludes halogenated alkanes) is 1. The van der Waals surface area contributed by atoms with E-state index in [0.29, 0.717) is 15.4 Å². The average molecular weight is 417 g/mol. The molecule has 0 aromatic heterocycles. The molecular formula is C13H14Br2F3NO. The van der Waals surface area contributed by atoms with E-state index in [1.807, 2.05) is 6.92 Å². The molecule has 0 atom stereocenters. The molecule has 0 radical (unpaired) electrons. The monoisotopic (exact) mass is 415 g/mol. The molecule has 0 saturated heterocycles. The molecule has 20 heavy (non-hydrogen) atoms. The minimum Gasteiger partial charge on any atom is -0.330 e. The molecule has 0 aliphatic rings. The largest absolute Gasteiger partial charge is 0.406 e. The molecule has 0 fully saturated rings. The molecular weight excluding hydrogens is 403 g/mol. The van der Waals surface area contributed by atoms with E-state index in [1.54, 1.807) is 12.1 Å². The van der Waals surface area contributed by atoms with E-state index < -0.39 is 18.6 Å². The standard InChI is InChI=1S/C13H14Br2F3NO/c1-2-3-6-19(8-13(16,17)18)12(20)10-7-9(14)4-5-11(10)15/h4-5,7H,2-3,6,8H2,1H3. The van der Waals surface area contributed by atoms with Crippen molar-refractivity contribution in [2.75, 3.05) is 13.1 Å². The van der Waals surface area contributed by atoms with Crippen LogP contribution in [0.3, 0.4) is 0 Å². The van der Waals surface area contributed by atoms with Crippen LogP contribution in [0.5, 0.6) is 0 Å². The highest BCUT2D eigenvalue weighted by molar-refractivity contribution is 9.11. The van der Waals surface area contributed by atoms with Crippen molar-refractivity contribution >= 4 is 37.8 Å². The van der Waals surface area contributed by atoms with E-state index >= 15 is 0 Å². The molecule has 1 rings (SSSR count). The maximum absolute atomic E-state index is 12.6. The summed E-state index contributed by atoms with van der Waals surface area (Å²) in [7, 11) is 0. The smallest absolute Gasteiger partial charge is 0.330 e. The Hall–Kier alpha value is -0.560. The van der Waals surface area contributed by atoms with Crippen LogP contribution in [0.15, 0.2) is 27.1 Å². The van der Waals surface area contributed by atoms with Gasteiger partial charge in [-0.05, 0) is 40.5 Å². The molecule has 0 N–H and O–H groups in total. The van der Waals surface area contributed by atoms with Crippen molar-refractivity contribution in [3.63, 3.8) is 0 Å². The van der Waals surface area contributed by atoms with Gasteiger partial charge in [0.25, 0.3) is 5.91 Å². The lowest BCUT2D eigenvalue weighted by Crippen LogP contribution is -2.39. The summed E-state index contributed by atoms with van der Waals surface area (Å²) in [6.07, 6.45) is -3.14. The molecule has 1 aromatic carbocycles. The van der Waals surface area contributed by atoms with Crippen molar-refractivity contribution in [3.05, 3.63) is 32.7 Å². The Labute approximate surface area is 132 Å². The van der Waals surface area contributed by atoms with Crippen LogP contribution in [0.2, 0.25) is 0 Å². The highest BCUT2D eigenvalue weighted by Crippen LogP contribution is 2.25. The summed E-state index contributed by atoms with van der Waals surface area (Å²) in [5.74, 6) is -0.621. The zero-order chi connectivity index (χ0) is 15.3. The number of hydrogen-bond acceptors (Lipinski definition) is 1. The first-order valence-electron chi connectivity index (χ1n) is 6.05.